The van der Waals surface area contributed by atoms with Gasteiger partial charge in [0.15, 0.2) is 5.84 Å². The summed E-state index contributed by atoms with van der Waals surface area (Å²) in [4.78, 5) is 4.41. The Labute approximate surface area is 93.9 Å². The molecule has 0 amide bonds. The molecule has 0 fully saturated rings. The summed E-state index contributed by atoms with van der Waals surface area (Å²) in [6, 6.07) is 1.91. The fourth-order valence-electron chi connectivity index (χ4n) is 2.01. The monoisotopic (exact) mass is 221 g/mol. The second-order valence-electron chi connectivity index (χ2n) is 3.84. The average Bonchev–Trinajstić information content (AvgIpc) is 2.36. The van der Waals surface area contributed by atoms with Crippen molar-refractivity contribution in [3.63, 3.8) is 0 Å². The van der Waals surface area contributed by atoms with E-state index in [4.69, 9.17) is 15.7 Å². The van der Waals surface area contributed by atoms with Crippen LogP contribution in [0, 0.1) is 0 Å². The van der Waals surface area contributed by atoms with Crippen LogP contribution < -0.4 is 10.5 Å². The maximum atomic E-state index is 8.69. The molecule has 0 aliphatic heterocycles. The molecule has 0 saturated carbocycles. The van der Waals surface area contributed by atoms with Crippen LogP contribution in [0.15, 0.2) is 11.2 Å². The summed E-state index contributed by atoms with van der Waals surface area (Å²) in [7, 11) is 1.53. The van der Waals surface area contributed by atoms with E-state index in [1.807, 2.05) is 6.07 Å². The highest BCUT2D eigenvalue weighted by Crippen LogP contribution is 2.25. The SMILES string of the molecule is COc1nc2c(cc1C(N)=NO)CCCC2. The van der Waals surface area contributed by atoms with Crippen molar-refractivity contribution in [1.29, 1.82) is 0 Å². The Hall–Kier alpha value is -1.78. The van der Waals surface area contributed by atoms with Gasteiger partial charge in [0.05, 0.1) is 12.7 Å². The minimum absolute atomic E-state index is 0.0396. The number of nitrogens with two attached hydrogens (primary N) is 1. The molecule has 5 nitrogen and oxygen atoms in total. The van der Waals surface area contributed by atoms with Crippen LogP contribution in [0.5, 0.6) is 5.88 Å². The van der Waals surface area contributed by atoms with Crippen LogP contribution in [0.4, 0.5) is 0 Å². The molecule has 1 aromatic heterocycles. The highest BCUT2D eigenvalue weighted by Gasteiger charge is 2.17. The number of hydrogen-bond donors (Lipinski definition) is 2. The van der Waals surface area contributed by atoms with Gasteiger partial charge in [0.1, 0.15) is 0 Å². The van der Waals surface area contributed by atoms with Gasteiger partial charge in [0.2, 0.25) is 5.88 Å². The number of aryl methyl sites for hydroxylation is 2. The maximum Gasteiger partial charge on any atom is 0.224 e. The van der Waals surface area contributed by atoms with E-state index < -0.39 is 0 Å². The lowest BCUT2D eigenvalue weighted by molar-refractivity contribution is 0.318. The van der Waals surface area contributed by atoms with Gasteiger partial charge < -0.3 is 15.7 Å². The molecular formula is C11H15N3O2. The van der Waals surface area contributed by atoms with Crippen LogP contribution in [0.25, 0.3) is 0 Å². The molecule has 0 unspecified atom stereocenters. The van der Waals surface area contributed by atoms with E-state index in [0.29, 0.717) is 11.4 Å². The Morgan fingerprint density at radius 3 is 2.94 bits per heavy atom. The third kappa shape index (κ3) is 1.80. The van der Waals surface area contributed by atoms with Crippen molar-refractivity contribution in [1.82, 2.24) is 4.98 Å². The normalized spacial score (nSPS) is 15.7. The topological polar surface area (TPSA) is 80.7 Å². The molecule has 86 valence electrons. The van der Waals surface area contributed by atoms with E-state index >= 15 is 0 Å². The molecule has 0 saturated heterocycles. The molecule has 1 heterocycles. The zero-order valence-electron chi connectivity index (χ0n) is 9.23. The first-order valence-corrected chi connectivity index (χ1v) is 5.31. The molecule has 5 heteroatoms. The molecule has 0 radical (unpaired) electrons. The predicted octanol–water partition coefficient (Wildman–Crippen LogP) is 1.06. The molecule has 1 aliphatic rings. The third-order valence-corrected chi connectivity index (χ3v) is 2.84. The first-order valence-electron chi connectivity index (χ1n) is 5.31. The second-order valence-corrected chi connectivity index (χ2v) is 3.84. The largest absolute Gasteiger partial charge is 0.480 e. The smallest absolute Gasteiger partial charge is 0.224 e. The lowest BCUT2D eigenvalue weighted by Gasteiger charge is -2.17. The Balaban J connectivity index is 2.51. The van der Waals surface area contributed by atoms with Gasteiger partial charge in [-0.3, -0.25) is 0 Å². The first kappa shape index (κ1) is 10.7. The van der Waals surface area contributed by atoms with Crippen molar-refractivity contribution in [2.24, 2.45) is 10.9 Å². The first-order chi connectivity index (χ1) is 7.76. The zero-order chi connectivity index (χ0) is 11.5. The molecule has 0 bridgehead atoms. The number of fused-ring (bicyclic) bond motifs is 1. The summed E-state index contributed by atoms with van der Waals surface area (Å²) >= 11 is 0. The lowest BCUT2D eigenvalue weighted by Crippen LogP contribution is -2.17. The van der Waals surface area contributed by atoms with Crippen LogP contribution in [-0.4, -0.2) is 23.1 Å². The summed E-state index contributed by atoms with van der Waals surface area (Å²) < 4.78 is 5.15. The number of oxime groups is 1. The number of hydrogen-bond acceptors (Lipinski definition) is 4. The van der Waals surface area contributed by atoms with E-state index in [2.05, 4.69) is 10.1 Å². The molecule has 1 aromatic rings. The summed E-state index contributed by atoms with van der Waals surface area (Å²) in [5, 5.41) is 11.7. The summed E-state index contributed by atoms with van der Waals surface area (Å²) in [6.45, 7) is 0. The standard InChI is InChI=1S/C11H15N3O2/c1-16-11-8(10(12)14-15)6-7-4-2-3-5-9(7)13-11/h6,15H,2-5H2,1H3,(H2,12,14). The zero-order valence-corrected chi connectivity index (χ0v) is 9.23. The van der Waals surface area contributed by atoms with Gasteiger partial charge >= 0.3 is 0 Å². The number of rotatable bonds is 2. The number of ether oxygens (including phenoxy) is 1. The number of methoxy groups -OCH3 is 1. The van der Waals surface area contributed by atoms with Crippen LogP contribution in [-0.2, 0) is 12.8 Å². The third-order valence-electron chi connectivity index (χ3n) is 2.84. The summed E-state index contributed by atoms with van der Waals surface area (Å²) in [5.41, 5.74) is 8.39. The molecule has 3 N–H and O–H groups in total. The number of aromatic nitrogens is 1. The summed E-state index contributed by atoms with van der Waals surface area (Å²) in [5.74, 6) is 0.466. The minimum Gasteiger partial charge on any atom is -0.480 e. The molecule has 0 spiro atoms. The van der Waals surface area contributed by atoms with Gasteiger partial charge in [-0.1, -0.05) is 5.16 Å². The van der Waals surface area contributed by atoms with Gasteiger partial charge in [0.25, 0.3) is 0 Å². The molecule has 16 heavy (non-hydrogen) atoms. The Kier molecular flexibility index (Phi) is 2.94. The van der Waals surface area contributed by atoms with Crippen LogP contribution in [0.3, 0.4) is 0 Å². The van der Waals surface area contributed by atoms with E-state index in [1.54, 1.807) is 0 Å². The van der Waals surface area contributed by atoms with E-state index in [-0.39, 0.29) is 5.84 Å². The predicted molar refractivity (Wildman–Crippen MR) is 59.9 cm³/mol. The lowest BCUT2D eigenvalue weighted by atomic mass is 9.95. The number of pyridine rings is 1. The van der Waals surface area contributed by atoms with Gasteiger partial charge in [-0.25, -0.2) is 4.98 Å². The highest BCUT2D eigenvalue weighted by atomic mass is 16.5. The van der Waals surface area contributed by atoms with E-state index in [0.717, 1.165) is 31.4 Å². The van der Waals surface area contributed by atoms with Crippen molar-refractivity contribution in [2.45, 2.75) is 25.7 Å². The van der Waals surface area contributed by atoms with Crippen molar-refractivity contribution in [2.75, 3.05) is 7.11 Å². The van der Waals surface area contributed by atoms with Crippen molar-refractivity contribution in [3.05, 3.63) is 22.9 Å². The molecule has 1 aliphatic carbocycles. The van der Waals surface area contributed by atoms with Crippen LogP contribution in [0.2, 0.25) is 0 Å². The van der Waals surface area contributed by atoms with Gasteiger partial charge in [-0.2, -0.15) is 0 Å². The molecular weight excluding hydrogens is 206 g/mol. The number of nitrogens with zero attached hydrogens (tertiary/aromatic N) is 2. The Morgan fingerprint density at radius 1 is 1.50 bits per heavy atom. The second kappa shape index (κ2) is 4.38. The van der Waals surface area contributed by atoms with E-state index in [9.17, 15) is 0 Å². The Bertz CT molecular complexity index is 429. The highest BCUT2D eigenvalue weighted by molar-refractivity contribution is 5.99. The van der Waals surface area contributed by atoms with E-state index in [1.165, 1.54) is 12.7 Å². The van der Waals surface area contributed by atoms with Gasteiger partial charge in [-0.15, -0.1) is 0 Å². The summed E-state index contributed by atoms with van der Waals surface area (Å²) in [6.07, 6.45) is 4.29. The quantitative estimate of drug-likeness (QED) is 0.339. The van der Waals surface area contributed by atoms with Crippen LogP contribution in [0.1, 0.15) is 29.7 Å². The number of amidine groups is 1. The van der Waals surface area contributed by atoms with Crippen LogP contribution >= 0.6 is 0 Å². The fourth-order valence-corrected chi connectivity index (χ4v) is 2.01. The molecule has 2 rings (SSSR count). The van der Waals surface area contributed by atoms with Crippen molar-refractivity contribution in [3.8, 4) is 5.88 Å². The molecule has 0 atom stereocenters. The fraction of sp³-hybridized carbons (Fsp3) is 0.455. The van der Waals surface area contributed by atoms with Gasteiger partial charge in [-0.05, 0) is 37.3 Å². The molecule has 0 aromatic carbocycles. The van der Waals surface area contributed by atoms with Crippen molar-refractivity contribution >= 4 is 5.84 Å². The Morgan fingerprint density at radius 2 is 2.25 bits per heavy atom. The average molecular weight is 221 g/mol. The van der Waals surface area contributed by atoms with Crippen molar-refractivity contribution < 1.29 is 9.94 Å². The minimum atomic E-state index is 0.0396. The maximum absolute atomic E-state index is 8.69. The van der Waals surface area contributed by atoms with Gasteiger partial charge in [0, 0.05) is 5.69 Å².